The van der Waals surface area contributed by atoms with Gasteiger partial charge in [-0.05, 0) is 30.3 Å². The molecule has 2 nitrogen and oxygen atoms in total. The zero-order valence-electron chi connectivity index (χ0n) is 9.95. The zero-order chi connectivity index (χ0) is 14.8. The van der Waals surface area contributed by atoms with E-state index in [0.717, 1.165) is 12.1 Å². The molecule has 0 aliphatic heterocycles. The predicted molar refractivity (Wildman–Crippen MR) is 67.9 cm³/mol. The van der Waals surface area contributed by atoms with E-state index < -0.39 is 23.3 Å². The summed E-state index contributed by atoms with van der Waals surface area (Å²) in [7, 11) is 0. The summed E-state index contributed by atoms with van der Waals surface area (Å²) in [6.45, 7) is 0. The molecule has 2 aromatic carbocycles. The Morgan fingerprint density at radius 1 is 1.05 bits per heavy atom. The average molecular weight is 301 g/mol. The van der Waals surface area contributed by atoms with Crippen LogP contribution in [0.3, 0.4) is 0 Å². The normalized spacial score (nSPS) is 11.2. The summed E-state index contributed by atoms with van der Waals surface area (Å²) in [5, 5.41) is 0.319. The SMILES string of the molecule is O=C(Oc1cccc(Cl)c1)c1ccccc1C(F)(F)F. The fraction of sp³-hybridized carbons (Fsp3) is 0.0714. The van der Waals surface area contributed by atoms with E-state index in [2.05, 4.69) is 0 Å². The molecule has 0 saturated carbocycles. The smallest absolute Gasteiger partial charge is 0.417 e. The van der Waals surface area contributed by atoms with Crippen LogP contribution in [0, 0.1) is 0 Å². The number of rotatable bonds is 2. The van der Waals surface area contributed by atoms with Crippen LogP contribution in [0.4, 0.5) is 13.2 Å². The highest BCUT2D eigenvalue weighted by molar-refractivity contribution is 6.30. The minimum Gasteiger partial charge on any atom is -0.423 e. The van der Waals surface area contributed by atoms with E-state index in [1.165, 1.54) is 30.3 Å². The molecule has 0 aromatic heterocycles. The van der Waals surface area contributed by atoms with Gasteiger partial charge in [0.1, 0.15) is 5.75 Å². The molecule has 0 aliphatic rings. The molecule has 2 rings (SSSR count). The number of ether oxygens (including phenoxy) is 1. The van der Waals surface area contributed by atoms with Gasteiger partial charge in [-0.3, -0.25) is 0 Å². The Labute approximate surface area is 117 Å². The minimum absolute atomic E-state index is 0.0828. The van der Waals surface area contributed by atoms with Crippen molar-refractivity contribution in [3.8, 4) is 5.75 Å². The second-order valence-corrected chi connectivity index (χ2v) is 4.33. The Hall–Kier alpha value is -2.01. The van der Waals surface area contributed by atoms with Crippen molar-refractivity contribution in [3.63, 3.8) is 0 Å². The Balaban J connectivity index is 2.31. The molecule has 0 fully saturated rings. The molecule has 104 valence electrons. The molecule has 0 radical (unpaired) electrons. The van der Waals surface area contributed by atoms with Crippen molar-refractivity contribution in [1.82, 2.24) is 0 Å². The van der Waals surface area contributed by atoms with Crippen LogP contribution in [0.5, 0.6) is 5.75 Å². The highest BCUT2D eigenvalue weighted by atomic mass is 35.5. The molecule has 6 heteroatoms. The molecule has 0 atom stereocenters. The molecule has 0 spiro atoms. The van der Waals surface area contributed by atoms with Crippen LogP contribution < -0.4 is 4.74 Å². The monoisotopic (exact) mass is 300 g/mol. The summed E-state index contributed by atoms with van der Waals surface area (Å²) in [4.78, 5) is 11.8. The maximum absolute atomic E-state index is 12.8. The van der Waals surface area contributed by atoms with Gasteiger partial charge in [0, 0.05) is 5.02 Å². The van der Waals surface area contributed by atoms with Crippen molar-refractivity contribution >= 4 is 17.6 Å². The maximum Gasteiger partial charge on any atom is 0.417 e. The first-order valence-corrected chi connectivity index (χ1v) is 5.89. The first-order chi connectivity index (χ1) is 9.38. The third-order valence-corrected chi connectivity index (χ3v) is 2.69. The van der Waals surface area contributed by atoms with Crippen LogP contribution in [0.1, 0.15) is 15.9 Å². The van der Waals surface area contributed by atoms with Crippen LogP contribution in [-0.2, 0) is 6.18 Å². The van der Waals surface area contributed by atoms with E-state index in [9.17, 15) is 18.0 Å². The van der Waals surface area contributed by atoms with Gasteiger partial charge in [0.25, 0.3) is 0 Å². The van der Waals surface area contributed by atoms with E-state index in [1.807, 2.05) is 0 Å². The van der Waals surface area contributed by atoms with Gasteiger partial charge in [0.05, 0.1) is 11.1 Å². The maximum atomic E-state index is 12.8. The van der Waals surface area contributed by atoms with Gasteiger partial charge in [0.2, 0.25) is 0 Å². The standard InChI is InChI=1S/C14H8ClF3O2/c15-9-4-3-5-10(8-9)20-13(19)11-6-1-2-7-12(11)14(16,17)18/h1-8H. The number of carbonyl (C=O) groups is 1. The minimum atomic E-state index is -4.62. The molecule has 0 N–H and O–H groups in total. The second kappa shape index (κ2) is 5.54. The van der Waals surface area contributed by atoms with E-state index in [-0.39, 0.29) is 5.75 Å². The topological polar surface area (TPSA) is 26.3 Å². The molecule has 0 bridgehead atoms. The highest BCUT2D eigenvalue weighted by Gasteiger charge is 2.35. The first kappa shape index (κ1) is 14.4. The summed E-state index contributed by atoms with van der Waals surface area (Å²) >= 11 is 5.71. The summed E-state index contributed by atoms with van der Waals surface area (Å²) in [6, 6.07) is 10.3. The van der Waals surface area contributed by atoms with E-state index in [0.29, 0.717) is 5.02 Å². The molecule has 0 amide bonds. The lowest BCUT2D eigenvalue weighted by Crippen LogP contribution is -2.16. The van der Waals surface area contributed by atoms with E-state index >= 15 is 0 Å². The van der Waals surface area contributed by atoms with Gasteiger partial charge >= 0.3 is 12.1 Å². The van der Waals surface area contributed by atoms with Gasteiger partial charge in [-0.15, -0.1) is 0 Å². The molecule has 0 unspecified atom stereocenters. The fourth-order valence-corrected chi connectivity index (χ4v) is 1.78. The van der Waals surface area contributed by atoms with Crippen LogP contribution in [0.2, 0.25) is 5.02 Å². The van der Waals surface area contributed by atoms with E-state index in [4.69, 9.17) is 16.3 Å². The Morgan fingerprint density at radius 3 is 2.40 bits per heavy atom. The van der Waals surface area contributed by atoms with Crippen molar-refractivity contribution in [2.45, 2.75) is 6.18 Å². The number of alkyl halides is 3. The quantitative estimate of drug-likeness (QED) is 0.599. The summed E-state index contributed by atoms with van der Waals surface area (Å²) < 4.78 is 43.2. The zero-order valence-corrected chi connectivity index (χ0v) is 10.7. The molecule has 0 aliphatic carbocycles. The number of halogens is 4. The molecule has 20 heavy (non-hydrogen) atoms. The highest BCUT2D eigenvalue weighted by Crippen LogP contribution is 2.32. The Bertz CT molecular complexity index is 638. The fourth-order valence-electron chi connectivity index (χ4n) is 1.60. The van der Waals surface area contributed by atoms with Crippen LogP contribution in [0.15, 0.2) is 48.5 Å². The van der Waals surface area contributed by atoms with Crippen LogP contribution >= 0.6 is 11.6 Å². The van der Waals surface area contributed by atoms with Crippen LogP contribution in [0.25, 0.3) is 0 Å². The molecule has 0 heterocycles. The molecular formula is C14H8ClF3O2. The van der Waals surface area contributed by atoms with Crippen LogP contribution in [-0.4, -0.2) is 5.97 Å². The summed E-state index contributed by atoms with van der Waals surface area (Å²) in [5.41, 5.74) is -1.58. The molecular weight excluding hydrogens is 293 g/mol. The van der Waals surface area contributed by atoms with Gasteiger partial charge in [0.15, 0.2) is 0 Å². The van der Waals surface area contributed by atoms with E-state index in [1.54, 1.807) is 6.07 Å². The number of esters is 1. The number of benzene rings is 2. The van der Waals surface area contributed by atoms with Crippen molar-refractivity contribution in [1.29, 1.82) is 0 Å². The Morgan fingerprint density at radius 2 is 1.75 bits per heavy atom. The van der Waals surface area contributed by atoms with Crippen molar-refractivity contribution < 1.29 is 22.7 Å². The second-order valence-electron chi connectivity index (χ2n) is 3.89. The summed E-state index contributed by atoms with van der Waals surface area (Å²) in [6.07, 6.45) is -4.62. The lowest BCUT2D eigenvalue weighted by atomic mass is 10.1. The molecule has 0 saturated heterocycles. The number of carbonyl (C=O) groups excluding carboxylic acids is 1. The average Bonchev–Trinajstić information content (AvgIpc) is 2.37. The van der Waals surface area contributed by atoms with Gasteiger partial charge in [-0.2, -0.15) is 13.2 Å². The Kier molecular flexibility index (Phi) is 3.99. The van der Waals surface area contributed by atoms with Crippen molar-refractivity contribution in [3.05, 3.63) is 64.7 Å². The third kappa shape index (κ3) is 3.30. The lowest BCUT2D eigenvalue weighted by molar-refractivity contribution is -0.138. The van der Waals surface area contributed by atoms with Gasteiger partial charge in [-0.1, -0.05) is 29.8 Å². The first-order valence-electron chi connectivity index (χ1n) is 5.52. The molecule has 2 aromatic rings. The van der Waals surface area contributed by atoms with Crippen molar-refractivity contribution in [2.75, 3.05) is 0 Å². The van der Waals surface area contributed by atoms with Crippen molar-refractivity contribution in [2.24, 2.45) is 0 Å². The third-order valence-electron chi connectivity index (χ3n) is 2.46. The predicted octanol–water partition coefficient (Wildman–Crippen LogP) is 4.58. The van der Waals surface area contributed by atoms with Gasteiger partial charge < -0.3 is 4.74 Å². The number of hydrogen-bond acceptors (Lipinski definition) is 2. The summed E-state index contributed by atoms with van der Waals surface area (Å²) in [5.74, 6) is -1.00. The lowest BCUT2D eigenvalue weighted by Gasteiger charge is -2.11. The van der Waals surface area contributed by atoms with Gasteiger partial charge in [-0.25, -0.2) is 4.79 Å². The largest absolute Gasteiger partial charge is 0.423 e. The number of hydrogen-bond donors (Lipinski definition) is 0.